The van der Waals surface area contributed by atoms with Gasteiger partial charge in [-0.25, -0.2) is 4.79 Å². The van der Waals surface area contributed by atoms with E-state index in [1.807, 2.05) is 55.5 Å². The van der Waals surface area contributed by atoms with Crippen LogP contribution in [0.15, 0.2) is 78.9 Å². The van der Waals surface area contributed by atoms with Crippen molar-refractivity contribution in [3.63, 3.8) is 0 Å². The van der Waals surface area contributed by atoms with Gasteiger partial charge in [-0.05, 0) is 66.7 Å². The lowest BCUT2D eigenvalue weighted by molar-refractivity contribution is 0.0526. The molecular formula is C27H26O3. The van der Waals surface area contributed by atoms with Crippen LogP contribution >= 0.6 is 0 Å². The summed E-state index contributed by atoms with van der Waals surface area (Å²) in [5.74, 6) is 0.628. The van der Waals surface area contributed by atoms with E-state index in [-0.39, 0.29) is 5.97 Å². The number of allylic oxidation sites excluding steroid dienone is 2. The van der Waals surface area contributed by atoms with Crippen molar-refractivity contribution < 1.29 is 14.3 Å². The van der Waals surface area contributed by atoms with Crippen LogP contribution in [0.3, 0.4) is 0 Å². The number of esters is 1. The summed E-state index contributed by atoms with van der Waals surface area (Å²) in [6, 6.07) is 26.2. The summed E-state index contributed by atoms with van der Waals surface area (Å²) in [7, 11) is 0. The number of para-hydroxylation sites is 1. The smallest absolute Gasteiger partial charge is 0.338 e. The summed E-state index contributed by atoms with van der Waals surface area (Å²) in [5, 5.41) is 0. The summed E-state index contributed by atoms with van der Waals surface area (Å²) in [4.78, 5) is 12.2. The van der Waals surface area contributed by atoms with E-state index in [9.17, 15) is 4.79 Å². The second kappa shape index (κ2) is 9.45. The summed E-state index contributed by atoms with van der Waals surface area (Å²) in [6.45, 7) is 2.74. The Balaban J connectivity index is 1.65. The summed E-state index contributed by atoms with van der Waals surface area (Å²) in [5.41, 5.74) is 6.57. The van der Waals surface area contributed by atoms with E-state index in [4.69, 9.17) is 9.47 Å². The monoisotopic (exact) mass is 398 g/mol. The van der Waals surface area contributed by atoms with Crippen LogP contribution in [0.4, 0.5) is 0 Å². The van der Waals surface area contributed by atoms with E-state index in [1.165, 1.54) is 11.1 Å². The minimum absolute atomic E-state index is 0.272. The van der Waals surface area contributed by atoms with Crippen molar-refractivity contribution in [2.75, 3.05) is 6.61 Å². The average molecular weight is 399 g/mol. The van der Waals surface area contributed by atoms with Gasteiger partial charge in [-0.1, -0.05) is 60.7 Å². The van der Waals surface area contributed by atoms with Gasteiger partial charge >= 0.3 is 5.97 Å². The van der Waals surface area contributed by atoms with Crippen molar-refractivity contribution >= 4 is 17.1 Å². The molecule has 0 saturated carbocycles. The highest BCUT2D eigenvalue weighted by Gasteiger charge is 2.21. The van der Waals surface area contributed by atoms with Crippen LogP contribution in [0.5, 0.6) is 5.75 Å². The number of rotatable bonds is 7. The third-order valence-corrected chi connectivity index (χ3v) is 5.39. The highest BCUT2D eigenvalue weighted by Crippen LogP contribution is 2.43. The normalized spacial score (nSPS) is 13.4. The van der Waals surface area contributed by atoms with Crippen LogP contribution in [-0.4, -0.2) is 12.6 Å². The number of hydrogen-bond donors (Lipinski definition) is 0. The van der Waals surface area contributed by atoms with Crippen LogP contribution in [0, 0.1) is 0 Å². The molecule has 4 rings (SSSR count). The maximum absolute atomic E-state index is 12.2. The molecule has 0 spiro atoms. The Hall–Kier alpha value is -3.33. The quantitative estimate of drug-likeness (QED) is 0.424. The molecule has 0 unspecified atom stereocenters. The molecule has 1 aliphatic carbocycles. The first-order valence-electron chi connectivity index (χ1n) is 10.5. The predicted octanol–water partition coefficient (Wildman–Crippen LogP) is 6.54. The van der Waals surface area contributed by atoms with Gasteiger partial charge in [-0.2, -0.15) is 0 Å². The van der Waals surface area contributed by atoms with Crippen molar-refractivity contribution in [2.45, 2.75) is 32.8 Å². The topological polar surface area (TPSA) is 35.5 Å². The third-order valence-electron chi connectivity index (χ3n) is 5.39. The molecule has 0 N–H and O–H groups in total. The maximum atomic E-state index is 12.2. The van der Waals surface area contributed by atoms with Gasteiger partial charge in [-0.3, -0.25) is 0 Å². The van der Waals surface area contributed by atoms with Crippen molar-refractivity contribution in [2.24, 2.45) is 0 Å². The Bertz CT molecular complexity index is 1050. The molecule has 3 aromatic carbocycles. The van der Waals surface area contributed by atoms with Crippen molar-refractivity contribution in [3.05, 3.63) is 101 Å². The second-order valence-electron chi connectivity index (χ2n) is 7.38. The molecular weight excluding hydrogens is 372 g/mol. The SMILES string of the molecule is CCOC(=O)c1cccc(C2=C(c3ccccc3OCc3ccccc3)CCC2)c1. The van der Waals surface area contributed by atoms with Crippen LogP contribution in [0.2, 0.25) is 0 Å². The Labute approximate surface area is 178 Å². The van der Waals surface area contributed by atoms with Crippen LogP contribution < -0.4 is 4.74 Å². The summed E-state index contributed by atoms with van der Waals surface area (Å²) < 4.78 is 11.4. The molecule has 30 heavy (non-hydrogen) atoms. The van der Waals surface area contributed by atoms with Crippen LogP contribution in [0.25, 0.3) is 11.1 Å². The molecule has 0 atom stereocenters. The molecule has 1 aliphatic rings. The molecule has 0 bridgehead atoms. The highest BCUT2D eigenvalue weighted by molar-refractivity contribution is 5.96. The number of benzene rings is 3. The molecule has 3 heteroatoms. The third kappa shape index (κ3) is 4.46. The fourth-order valence-corrected chi connectivity index (χ4v) is 3.98. The van der Waals surface area contributed by atoms with Crippen molar-refractivity contribution in [1.29, 1.82) is 0 Å². The van der Waals surface area contributed by atoms with Gasteiger partial charge in [0, 0.05) is 5.56 Å². The number of carbonyl (C=O) groups excluding carboxylic acids is 1. The molecule has 0 aliphatic heterocycles. The molecule has 0 radical (unpaired) electrons. The molecule has 3 nitrogen and oxygen atoms in total. The van der Waals surface area contributed by atoms with Gasteiger partial charge in [-0.15, -0.1) is 0 Å². The minimum atomic E-state index is -0.272. The average Bonchev–Trinajstić information content (AvgIpc) is 3.29. The molecule has 0 aromatic heterocycles. The zero-order chi connectivity index (χ0) is 20.8. The standard InChI is InChI=1S/C27H26O3/c1-2-29-27(28)22-13-8-12-21(18-22)23-15-9-16-24(23)25-14-6-7-17-26(25)30-19-20-10-4-3-5-11-20/h3-8,10-14,17-18H,2,9,15-16,19H2,1H3. The lowest BCUT2D eigenvalue weighted by atomic mass is 9.95. The first-order valence-corrected chi connectivity index (χ1v) is 10.5. The van der Waals surface area contributed by atoms with Gasteiger partial charge in [0.25, 0.3) is 0 Å². The fraction of sp³-hybridized carbons (Fsp3) is 0.222. The fourth-order valence-electron chi connectivity index (χ4n) is 3.98. The number of carbonyl (C=O) groups is 1. The first-order chi connectivity index (χ1) is 14.8. The summed E-state index contributed by atoms with van der Waals surface area (Å²) in [6.07, 6.45) is 3.10. The van der Waals surface area contributed by atoms with Gasteiger partial charge in [0.05, 0.1) is 12.2 Å². The highest BCUT2D eigenvalue weighted by atomic mass is 16.5. The lowest BCUT2D eigenvalue weighted by Crippen LogP contribution is -2.04. The van der Waals surface area contributed by atoms with Gasteiger partial charge in [0.15, 0.2) is 0 Å². The number of hydrogen-bond acceptors (Lipinski definition) is 3. The molecule has 0 saturated heterocycles. The van der Waals surface area contributed by atoms with E-state index in [0.29, 0.717) is 18.8 Å². The predicted molar refractivity (Wildman–Crippen MR) is 120 cm³/mol. The van der Waals surface area contributed by atoms with Crippen LogP contribution in [0.1, 0.15) is 53.2 Å². The Morgan fingerprint density at radius 2 is 1.63 bits per heavy atom. The number of ether oxygens (including phenoxy) is 2. The first kappa shape index (κ1) is 20.0. The zero-order valence-electron chi connectivity index (χ0n) is 17.3. The minimum Gasteiger partial charge on any atom is -0.488 e. The Kier molecular flexibility index (Phi) is 6.29. The van der Waals surface area contributed by atoms with E-state index in [2.05, 4.69) is 30.3 Å². The maximum Gasteiger partial charge on any atom is 0.338 e. The Morgan fingerprint density at radius 3 is 2.47 bits per heavy atom. The zero-order valence-corrected chi connectivity index (χ0v) is 17.3. The molecule has 3 aromatic rings. The Morgan fingerprint density at radius 1 is 0.867 bits per heavy atom. The largest absolute Gasteiger partial charge is 0.488 e. The molecule has 0 fully saturated rings. The summed E-state index contributed by atoms with van der Waals surface area (Å²) >= 11 is 0. The second-order valence-corrected chi connectivity index (χ2v) is 7.38. The van der Waals surface area contributed by atoms with Gasteiger partial charge < -0.3 is 9.47 Å². The van der Waals surface area contributed by atoms with E-state index in [0.717, 1.165) is 41.7 Å². The van der Waals surface area contributed by atoms with Crippen LogP contribution in [-0.2, 0) is 11.3 Å². The van der Waals surface area contributed by atoms with E-state index in [1.54, 1.807) is 0 Å². The molecule has 152 valence electrons. The molecule has 0 amide bonds. The van der Waals surface area contributed by atoms with Gasteiger partial charge in [0.2, 0.25) is 0 Å². The van der Waals surface area contributed by atoms with Gasteiger partial charge in [0.1, 0.15) is 12.4 Å². The van der Waals surface area contributed by atoms with Crippen molar-refractivity contribution in [3.8, 4) is 5.75 Å². The van der Waals surface area contributed by atoms with E-state index < -0.39 is 0 Å². The van der Waals surface area contributed by atoms with E-state index >= 15 is 0 Å². The van der Waals surface area contributed by atoms with Crippen molar-refractivity contribution in [1.82, 2.24) is 0 Å². The lowest BCUT2D eigenvalue weighted by Gasteiger charge is -2.15. The molecule has 0 heterocycles.